The van der Waals surface area contributed by atoms with Gasteiger partial charge in [0.15, 0.2) is 12.0 Å². The second-order valence-corrected chi connectivity index (χ2v) is 7.49. The fraction of sp³-hybridized carbons (Fsp3) is 0.500. The second-order valence-electron chi connectivity index (χ2n) is 6.51. The van der Waals surface area contributed by atoms with Crippen molar-refractivity contribution in [3.8, 4) is 6.07 Å². The van der Waals surface area contributed by atoms with Crippen molar-refractivity contribution in [1.82, 2.24) is 0 Å². The van der Waals surface area contributed by atoms with E-state index in [2.05, 4.69) is 19.9 Å². The largest absolute Gasteiger partial charge is 0.478 e. The Kier molecular flexibility index (Phi) is 3.39. The van der Waals surface area contributed by atoms with Gasteiger partial charge in [0, 0.05) is 29.2 Å². The molecule has 0 saturated heterocycles. The molecule has 0 amide bonds. The molecule has 3 rings (SSSR count). The van der Waals surface area contributed by atoms with Crippen molar-refractivity contribution >= 4 is 17.1 Å². The van der Waals surface area contributed by atoms with Crippen LogP contribution in [0.3, 0.4) is 0 Å². The predicted octanol–water partition coefficient (Wildman–Crippen LogP) is 2.93. The molecule has 3 unspecified atom stereocenters. The molecular formula is C16H18N2O2S. The zero-order valence-electron chi connectivity index (χ0n) is 12.1. The first kappa shape index (κ1) is 14.3. The molecule has 0 bridgehead atoms. The Labute approximate surface area is 128 Å². The minimum Gasteiger partial charge on any atom is -0.478 e. The van der Waals surface area contributed by atoms with Crippen LogP contribution in [0.15, 0.2) is 28.8 Å². The van der Waals surface area contributed by atoms with E-state index in [9.17, 15) is 10.1 Å². The maximum Gasteiger partial charge on any atom is 0.164 e. The van der Waals surface area contributed by atoms with Gasteiger partial charge in [-0.3, -0.25) is 10.5 Å². The van der Waals surface area contributed by atoms with Crippen LogP contribution in [-0.4, -0.2) is 12.0 Å². The first-order valence-electron chi connectivity index (χ1n) is 7.04. The summed E-state index contributed by atoms with van der Waals surface area (Å²) in [7, 11) is 0. The Morgan fingerprint density at radius 1 is 1.48 bits per heavy atom. The summed E-state index contributed by atoms with van der Waals surface area (Å²) in [5.41, 5.74) is 6.60. The monoisotopic (exact) mass is 302 g/mol. The molecule has 0 spiro atoms. The summed E-state index contributed by atoms with van der Waals surface area (Å²) in [6, 6.07) is 6.14. The van der Waals surface area contributed by atoms with Crippen molar-refractivity contribution in [2.45, 2.75) is 38.8 Å². The SMILES string of the molecule is CC1(C)CC(=O)C2=C(C1)OC(N)C(C#N)C2c1cccs1. The molecule has 4 nitrogen and oxygen atoms in total. The summed E-state index contributed by atoms with van der Waals surface area (Å²) >= 11 is 1.56. The van der Waals surface area contributed by atoms with Gasteiger partial charge in [0.25, 0.3) is 0 Å². The molecule has 0 radical (unpaired) electrons. The number of carbonyl (C=O) groups excluding carboxylic acids is 1. The zero-order valence-corrected chi connectivity index (χ0v) is 12.9. The Bertz CT molecular complexity index is 640. The average molecular weight is 302 g/mol. The number of nitrogens with zero attached hydrogens (tertiary/aromatic N) is 1. The number of nitrogens with two attached hydrogens (primary N) is 1. The number of hydrogen-bond acceptors (Lipinski definition) is 5. The lowest BCUT2D eigenvalue weighted by Gasteiger charge is -2.41. The summed E-state index contributed by atoms with van der Waals surface area (Å²) < 4.78 is 5.75. The second kappa shape index (κ2) is 4.97. The van der Waals surface area contributed by atoms with E-state index in [4.69, 9.17) is 10.5 Å². The van der Waals surface area contributed by atoms with Gasteiger partial charge in [-0.2, -0.15) is 5.26 Å². The number of allylic oxidation sites excluding steroid dienone is 2. The lowest BCUT2D eigenvalue weighted by Crippen LogP contribution is -2.44. The highest BCUT2D eigenvalue weighted by Gasteiger charge is 2.46. The summed E-state index contributed by atoms with van der Waals surface area (Å²) in [4.78, 5) is 13.6. The van der Waals surface area contributed by atoms with Crippen molar-refractivity contribution < 1.29 is 9.53 Å². The van der Waals surface area contributed by atoms with Gasteiger partial charge in [0.05, 0.1) is 6.07 Å². The third-order valence-electron chi connectivity index (χ3n) is 4.18. The van der Waals surface area contributed by atoms with E-state index in [-0.39, 0.29) is 17.1 Å². The van der Waals surface area contributed by atoms with Crippen LogP contribution in [0.25, 0.3) is 0 Å². The summed E-state index contributed by atoms with van der Waals surface area (Å²) in [6.07, 6.45) is 0.509. The third-order valence-corrected chi connectivity index (χ3v) is 5.14. The fourth-order valence-electron chi connectivity index (χ4n) is 3.27. The number of thiophene rings is 1. The Hall–Kier alpha value is -1.64. The standard InChI is InChI=1S/C16H18N2O2S/c1-16(2)6-10(19)14-11(7-16)20-15(18)9(8-17)13(14)12-4-3-5-21-12/h3-5,9,13,15H,6-7,18H2,1-2H3. The Morgan fingerprint density at radius 2 is 2.24 bits per heavy atom. The number of ether oxygens (including phenoxy) is 1. The number of ketones is 1. The maximum absolute atomic E-state index is 12.6. The van der Waals surface area contributed by atoms with Crippen LogP contribution in [-0.2, 0) is 9.53 Å². The highest BCUT2D eigenvalue weighted by atomic mass is 32.1. The summed E-state index contributed by atoms with van der Waals surface area (Å²) in [5.74, 6) is 0.00497. The molecule has 1 aromatic rings. The van der Waals surface area contributed by atoms with E-state index in [1.807, 2.05) is 17.5 Å². The quantitative estimate of drug-likeness (QED) is 0.865. The summed E-state index contributed by atoms with van der Waals surface area (Å²) in [5, 5.41) is 11.4. The fourth-order valence-corrected chi connectivity index (χ4v) is 4.15. The molecule has 2 heterocycles. The van der Waals surface area contributed by atoms with Gasteiger partial charge in [-0.25, -0.2) is 0 Å². The van der Waals surface area contributed by atoms with E-state index in [0.717, 1.165) is 4.88 Å². The highest BCUT2D eigenvalue weighted by Crippen LogP contribution is 2.49. The van der Waals surface area contributed by atoms with E-state index in [1.54, 1.807) is 11.3 Å². The molecule has 0 fully saturated rings. The van der Waals surface area contributed by atoms with Crippen molar-refractivity contribution in [2.75, 3.05) is 0 Å². The molecule has 2 N–H and O–H groups in total. The zero-order chi connectivity index (χ0) is 15.2. The van der Waals surface area contributed by atoms with Gasteiger partial charge in [-0.15, -0.1) is 11.3 Å². The van der Waals surface area contributed by atoms with E-state index in [1.165, 1.54) is 0 Å². The van der Waals surface area contributed by atoms with Crippen LogP contribution in [0.5, 0.6) is 0 Å². The first-order valence-corrected chi connectivity index (χ1v) is 7.92. The van der Waals surface area contributed by atoms with Crippen molar-refractivity contribution in [2.24, 2.45) is 17.1 Å². The third kappa shape index (κ3) is 2.39. The van der Waals surface area contributed by atoms with Gasteiger partial charge in [0.1, 0.15) is 11.7 Å². The number of rotatable bonds is 1. The minimum absolute atomic E-state index is 0.0896. The van der Waals surface area contributed by atoms with Gasteiger partial charge in [-0.05, 0) is 16.9 Å². The molecule has 1 aliphatic heterocycles. The molecular weight excluding hydrogens is 284 g/mol. The normalized spacial score (nSPS) is 31.3. The molecule has 5 heteroatoms. The first-order chi connectivity index (χ1) is 9.93. The summed E-state index contributed by atoms with van der Waals surface area (Å²) in [6.45, 7) is 4.11. The van der Waals surface area contributed by atoms with Crippen molar-refractivity contribution in [3.05, 3.63) is 33.7 Å². The van der Waals surface area contributed by atoms with Gasteiger partial charge < -0.3 is 4.74 Å². The highest BCUT2D eigenvalue weighted by molar-refractivity contribution is 7.10. The van der Waals surface area contributed by atoms with Crippen molar-refractivity contribution in [1.29, 1.82) is 5.26 Å². The molecule has 0 aromatic carbocycles. The minimum atomic E-state index is -0.678. The van der Waals surface area contributed by atoms with Crippen molar-refractivity contribution in [3.63, 3.8) is 0 Å². The van der Waals surface area contributed by atoms with Crippen LogP contribution in [0, 0.1) is 22.7 Å². The van der Waals surface area contributed by atoms with Crippen LogP contribution in [0.1, 0.15) is 37.5 Å². The van der Waals surface area contributed by atoms with Crippen LogP contribution >= 0.6 is 11.3 Å². The lowest BCUT2D eigenvalue weighted by molar-refractivity contribution is -0.120. The Balaban J connectivity index is 2.13. The number of hydrogen-bond donors (Lipinski definition) is 1. The number of nitriles is 1. The molecule has 1 aliphatic carbocycles. The average Bonchev–Trinajstić information content (AvgIpc) is 2.88. The number of Topliss-reactive ketones (excluding diaryl/α,β-unsaturated/α-hetero) is 1. The Morgan fingerprint density at radius 3 is 2.86 bits per heavy atom. The molecule has 110 valence electrons. The molecule has 21 heavy (non-hydrogen) atoms. The van der Waals surface area contributed by atoms with Crippen LogP contribution < -0.4 is 5.73 Å². The lowest BCUT2D eigenvalue weighted by atomic mass is 9.69. The van der Waals surface area contributed by atoms with E-state index < -0.39 is 12.1 Å². The maximum atomic E-state index is 12.6. The molecule has 0 saturated carbocycles. The van der Waals surface area contributed by atoms with Gasteiger partial charge in [-0.1, -0.05) is 19.9 Å². The molecule has 1 aromatic heterocycles. The predicted molar refractivity (Wildman–Crippen MR) is 80.3 cm³/mol. The van der Waals surface area contributed by atoms with E-state index >= 15 is 0 Å². The van der Waals surface area contributed by atoms with E-state index in [0.29, 0.717) is 24.2 Å². The topological polar surface area (TPSA) is 76.1 Å². The molecule has 3 atom stereocenters. The smallest absolute Gasteiger partial charge is 0.164 e. The van der Waals surface area contributed by atoms with Gasteiger partial charge >= 0.3 is 0 Å². The molecule has 2 aliphatic rings. The van der Waals surface area contributed by atoms with Crippen LogP contribution in [0.4, 0.5) is 0 Å². The number of carbonyl (C=O) groups is 1. The van der Waals surface area contributed by atoms with Gasteiger partial charge in [0.2, 0.25) is 0 Å². The van der Waals surface area contributed by atoms with Crippen LogP contribution in [0.2, 0.25) is 0 Å².